The molecule has 1 aromatic heterocycles. The molecule has 3 rings (SSSR count). The molecule has 82 valence electrons. The van der Waals surface area contributed by atoms with Gasteiger partial charge < -0.3 is 9.47 Å². The lowest BCUT2D eigenvalue weighted by molar-refractivity contribution is 0.357. The van der Waals surface area contributed by atoms with E-state index in [9.17, 15) is 0 Å². The van der Waals surface area contributed by atoms with Crippen LogP contribution in [0.1, 0.15) is 0 Å². The Morgan fingerprint density at radius 3 is 2.88 bits per heavy atom. The summed E-state index contributed by atoms with van der Waals surface area (Å²) in [5.74, 6) is 1.58. The van der Waals surface area contributed by atoms with Crippen LogP contribution in [0, 0.1) is 0 Å². The summed E-state index contributed by atoms with van der Waals surface area (Å²) in [6, 6.07) is 7.70. The minimum Gasteiger partial charge on any atom is -0.497 e. The molecule has 16 heavy (non-hydrogen) atoms. The van der Waals surface area contributed by atoms with E-state index >= 15 is 0 Å². The van der Waals surface area contributed by atoms with E-state index in [1.807, 2.05) is 24.3 Å². The maximum atomic E-state index is 5.49. The first-order valence-electron chi connectivity index (χ1n) is 5.09. The maximum absolute atomic E-state index is 5.49. The quantitative estimate of drug-likeness (QED) is 0.761. The van der Waals surface area contributed by atoms with Crippen molar-refractivity contribution in [1.29, 1.82) is 0 Å². The number of hydrogen-bond donors (Lipinski definition) is 0. The van der Waals surface area contributed by atoms with Gasteiger partial charge in [0.15, 0.2) is 5.69 Å². The first-order valence-corrected chi connectivity index (χ1v) is 5.09. The average Bonchev–Trinajstić information content (AvgIpc) is 2.91. The van der Waals surface area contributed by atoms with Gasteiger partial charge in [-0.25, -0.2) is 4.68 Å². The summed E-state index contributed by atoms with van der Waals surface area (Å²) in [4.78, 5) is 0. The Hall–Kier alpha value is -2.04. The normalized spacial score (nSPS) is 13.3. The molecule has 0 atom stereocenters. The van der Waals surface area contributed by atoms with Gasteiger partial charge in [0.25, 0.3) is 0 Å². The predicted molar refractivity (Wildman–Crippen MR) is 57.5 cm³/mol. The second-order valence-electron chi connectivity index (χ2n) is 3.54. The summed E-state index contributed by atoms with van der Waals surface area (Å²) in [5, 5.41) is 8.14. The summed E-state index contributed by atoms with van der Waals surface area (Å²) in [7, 11) is 1.65. The van der Waals surface area contributed by atoms with Crippen LogP contribution in [0.4, 0.5) is 0 Å². The summed E-state index contributed by atoms with van der Waals surface area (Å²) < 4.78 is 12.4. The van der Waals surface area contributed by atoms with Gasteiger partial charge in [0, 0.05) is 5.56 Å². The van der Waals surface area contributed by atoms with Crippen LogP contribution in [0.2, 0.25) is 0 Å². The third kappa shape index (κ3) is 1.32. The predicted octanol–water partition coefficient (Wildman–Crippen LogP) is 1.35. The SMILES string of the molecule is COc1ccc(-c2nnn3c2OCC3)cc1. The lowest BCUT2D eigenvalue weighted by Gasteiger charge is -2.01. The van der Waals surface area contributed by atoms with Crippen molar-refractivity contribution in [2.45, 2.75) is 6.54 Å². The Kier molecular flexibility index (Phi) is 2.02. The number of hydrogen-bond acceptors (Lipinski definition) is 4. The van der Waals surface area contributed by atoms with E-state index in [2.05, 4.69) is 10.3 Å². The van der Waals surface area contributed by atoms with Crippen LogP contribution in [-0.2, 0) is 6.54 Å². The second kappa shape index (κ2) is 3.52. The van der Waals surface area contributed by atoms with Crippen LogP contribution >= 0.6 is 0 Å². The van der Waals surface area contributed by atoms with Gasteiger partial charge in [0.05, 0.1) is 13.7 Å². The molecular formula is C11H11N3O2. The fourth-order valence-corrected chi connectivity index (χ4v) is 1.75. The molecule has 0 radical (unpaired) electrons. The summed E-state index contributed by atoms with van der Waals surface area (Å²) in [5.41, 5.74) is 1.78. The molecule has 1 aromatic carbocycles. The molecule has 1 aliphatic heterocycles. The van der Waals surface area contributed by atoms with Crippen LogP contribution in [0.3, 0.4) is 0 Å². The summed E-state index contributed by atoms with van der Waals surface area (Å²) in [6.07, 6.45) is 0. The molecule has 0 unspecified atom stereocenters. The van der Waals surface area contributed by atoms with Crippen molar-refractivity contribution in [3.8, 4) is 22.9 Å². The van der Waals surface area contributed by atoms with Crippen LogP contribution in [0.25, 0.3) is 11.3 Å². The minimum atomic E-state index is 0.675. The maximum Gasteiger partial charge on any atom is 0.241 e. The average molecular weight is 217 g/mol. The molecule has 0 fully saturated rings. The third-order valence-electron chi connectivity index (χ3n) is 2.60. The fraction of sp³-hybridized carbons (Fsp3) is 0.273. The van der Waals surface area contributed by atoms with Gasteiger partial charge in [0.2, 0.25) is 5.88 Å². The van der Waals surface area contributed by atoms with E-state index in [1.54, 1.807) is 11.8 Å². The van der Waals surface area contributed by atoms with E-state index in [0.717, 1.165) is 29.4 Å². The monoisotopic (exact) mass is 217 g/mol. The van der Waals surface area contributed by atoms with Crippen molar-refractivity contribution >= 4 is 0 Å². The molecule has 0 saturated carbocycles. The third-order valence-corrected chi connectivity index (χ3v) is 2.60. The Balaban J connectivity index is 2.01. The Labute approximate surface area is 92.6 Å². The van der Waals surface area contributed by atoms with E-state index in [4.69, 9.17) is 9.47 Å². The van der Waals surface area contributed by atoms with Crippen molar-refractivity contribution in [2.75, 3.05) is 13.7 Å². The molecule has 0 spiro atoms. The molecule has 0 aliphatic carbocycles. The van der Waals surface area contributed by atoms with Crippen LogP contribution in [0.15, 0.2) is 24.3 Å². The first-order chi connectivity index (χ1) is 7.88. The molecule has 0 N–H and O–H groups in total. The van der Waals surface area contributed by atoms with Gasteiger partial charge in [0.1, 0.15) is 12.4 Å². The van der Waals surface area contributed by atoms with Crippen LogP contribution < -0.4 is 9.47 Å². The highest BCUT2D eigenvalue weighted by molar-refractivity contribution is 5.65. The van der Waals surface area contributed by atoms with E-state index in [-0.39, 0.29) is 0 Å². The molecule has 5 heteroatoms. The second-order valence-corrected chi connectivity index (χ2v) is 3.54. The Morgan fingerprint density at radius 2 is 2.12 bits per heavy atom. The Bertz CT molecular complexity index is 504. The van der Waals surface area contributed by atoms with E-state index < -0.39 is 0 Å². The first kappa shape index (κ1) is 9.21. The van der Waals surface area contributed by atoms with Gasteiger partial charge in [-0.15, -0.1) is 5.10 Å². The molecule has 0 saturated heterocycles. The number of aromatic nitrogens is 3. The highest BCUT2D eigenvalue weighted by Crippen LogP contribution is 2.30. The number of methoxy groups -OCH3 is 1. The minimum absolute atomic E-state index is 0.675. The topological polar surface area (TPSA) is 49.2 Å². The molecular weight excluding hydrogens is 206 g/mol. The fourth-order valence-electron chi connectivity index (χ4n) is 1.75. The van der Waals surface area contributed by atoms with E-state index in [1.165, 1.54) is 0 Å². The van der Waals surface area contributed by atoms with Gasteiger partial charge in [-0.1, -0.05) is 5.21 Å². The van der Waals surface area contributed by atoms with Crippen molar-refractivity contribution in [3.05, 3.63) is 24.3 Å². The lowest BCUT2D eigenvalue weighted by atomic mass is 10.1. The van der Waals surface area contributed by atoms with E-state index in [0.29, 0.717) is 6.61 Å². The number of ether oxygens (including phenoxy) is 2. The van der Waals surface area contributed by atoms with Crippen molar-refractivity contribution in [2.24, 2.45) is 0 Å². The van der Waals surface area contributed by atoms with Crippen molar-refractivity contribution in [3.63, 3.8) is 0 Å². The largest absolute Gasteiger partial charge is 0.497 e. The van der Waals surface area contributed by atoms with Crippen LogP contribution in [0.5, 0.6) is 11.6 Å². The standard InChI is InChI=1S/C11H11N3O2/c1-15-9-4-2-8(3-5-9)10-11-14(13-12-10)6-7-16-11/h2-5H,6-7H2,1H3. The van der Waals surface area contributed by atoms with Crippen molar-refractivity contribution in [1.82, 2.24) is 15.0 Å². The number of rotatable bonds is 2. The molecule has 5 nitrogen and oxygen atoms in total. The van der Waals surface area contributed by atoms with Gasteiger partial charge >= 0.3 is 0 Å². The number of nitrogens with zero attached hydrogens (tertiary/aromatic N) is 3. The molecule has 2 heterocycles. The van der Waals surface area contributed by atoms with Gasteiger partial charge in [-0.3, -0.25) is 0 Å². The van der Waals surface area contributed by atoms with Gasteiger partial charge in [-0.05, 0) is 24.3 Å². The van der Waals surface area contributed by atoms with Crippen molar-refractivity contribution < 1.29 is 9.47 Å². The molecule has 0 amide bonds. The van der Waals surface area contributed by atoms with Gasteiger partial charge in [-0.2, -0.15) is 0 Å². The molecule has 1 aliphatic rings. The number of fused-ring (bicyclic) bond motifs is 1. The highest BCUT2D eigenvalue weighted by atomic mass is 16.5. The zero-order chi connectivity index (χ0) is 11.0. The molecule has 0 bridgehead atoms. The zero-order valence-electron chi connectivity index (χ0n) is 8.88. The Morgan fingerprint density at radius 1 is 1.31 bits per heavy atom. The highest BCUT2D eigenvalue weighted by Gasteiger charge is 2.20. The lowest BCUT2D eigenvalue weighted by Crippen LogP contribution is -1.95. The zero-order valence-corrected chi connectivity index (χ0v) is 8.88. The number of benzene rings is 1. The van der Waals surface area contributed by atoms with Crippen LogP contribution in [-0.4, -0.2) is 28.7 Å². The summed E-state index contributed by atoms with van der Waals surface area (Å²) in [6.45, 7) is 1.45. The molecule has 2 aromatic rings. The smallest absolute Gasteiger partial charge is 0.241 e. The summed E-state index contributed by atoms with van der Waals surface area (Å²) >= 11 is 0.